The van der Waals surface area contributed by atoms with Crippen LogP contribution < -0.4 is 5.32 Å². The van der Waals surface area contributed by atoms with Crippen molar-refractivity contribution in [3.63, 3.8) is 0 Å². The Kier molecular flexibility index (Phi) is 6.81. The average molecular weight is 440 g/mol. The fourth-order valence-electron chi connectivity index (χ4n) is 4.88. The van der Waals surface area contributed by atoms with Gasteiger partial charge in [-0.05, 0) is 63.0 Å². The lowest BCUT2D eigenvalue weighted by Gasteiger charge is -2.53. The van der Waals surface area contributed by atoms with Crippen molar-refractivity contribution < 1.29 is 28.2 Å². The molecule has 3 N–H and O–H groups in total. The van der Waals surface area contributed by atoms with E-state index in [1.807, 2.05) is 7.05 Å². The maximum absolute atomic E-state index is 13.3. The summed E-state index contributed by atoms with van der Waals surface area (Å²) in [6.07, 6.45) is 3.61. The molecule has 1 aromatic rings. The maximum atomic E-state index is 13.3. The van der Waals surface area contributed by atoms with Gasteiger partial charge in [-0.15, -0.1) is 0 Å². The highest BCUT2D eigenvalue weighted by molar-refractivity contribution is 7.89. The van der Waals surface area contributed by atoms with Gasteiger partial charge in [-0.1, -0.05) is 0 Å². The zero-order valence-electron chi connectivity index (χ0n) is 17.1. The molecule has 1 aromatic carbocycles. The Morgan fingerprint density at radius 3 is 2.70 bits per heavy atom. The van der Waals surface area contributed by atoms with Crippen LogP contribution in [0.3, 0.4) is 0 Å². The van der Waals surface area contributed by atoms with E-state index in [0.29, 0.717) is 38.0 Å². The topological polar surface area (TPSA) is 127 Å². The molecule has 3 aliphatic heterocycles. The number of rotatable bonds is 3. The number of aliphatic hydroxyl groups is 1. The monoisotopic (exact) mass is 439 g/mol. The van der Waals surface area contributed by atoms with Gasteiger partial charge in [0.15, 0.2) is 0 Å². The third-order valence-electron chi connectivity index (χ3n) is 6.58. The van der Waals surface area contributed by atoms with Crippen molar-refractivity contribution in [2.24, 2.45) is 5.41 Å². The summed E-state index contributed by atoms with van der Waals surface area (Å²) < 4.78 is 28.1. The first-order valence-corrected chi connectivity index (χ1v) is 11.5. The molecular weight excluding hydrogens is 410 g/mol. The predicted octanol–water partition coefficient (Wildman–Crippen LogP) is 0.739. The smallest absolute Gasteiger partial charge is 0.290 e. The Bertz CT molecular complexity index is 906. The summed E-state index contributed by atoms with van der Waals surface area (Å²) in [5.74, 6) is -0.0326. The molecule has 0 unspecified atom stereocenters. The fourth-order valence-corrected chi connectivity index (χ4v) is 6.38. The second-order valence-corrected chi connectivity index (χ2v) is 10.1. The number of anilines is 1. The lowest BCUT2D eigenvalue weighted by Crippen LogP contribution is -2.62. The van der Waals surface area contributed by atoms with Gasteiger partial charge in [0.1, 0.15) is 0 Å². The number of piperidine rings is 2. The minimum Gasteiger partial charge on any atom is -0.483 e. The highest BCUT2D eigenvalue weighted by Gasteiger charge is 2.48. The van der Waals surface area contributed by atoms with Gasteiger partial charge in [-0.25, -0.2) is 8.42 Å². The van der Waals surface area contributed by atoms with Gasteiger partial charge in [0.2, 0.25) is 15.9 Å². The number of aryl methyl sites for hydroxylation is 1. The largest absolute Gasteiger partial charge is 0.483 e. The third kappa shape index (κ3) is 4.22. The number of carbonyl (C=O) groups excluding carboxylic acids is 1. The SMILES string of the molecule is CN1CCC[C@]2(CO)CCN(S(=O)(=O)c3ccc4c(c3)CCC(=O)N4)C[C@@H]12.O=CO. The molecule has 0 aliphatic carbocycles. The number of hydrogen-bond acceptors (Lipinski definition) is 6. The van der Waals surface area contributed by atoms with Crippen LogP contribution >= 0.6 is 0 Å². The summed E-state index contributed by atoms with van der Waals surface area (Å²) in [5, 5.41) is 19.7. The Hall–Kier alpha value is -2.01. The Labute approximate surface area is 176 Å². The molecule has 0 saturated carbocycles. The molecule has 2 atom stereocenters. The number of carboxylic acid groups (broad SMARTS) is 1. The van der Waals surface area contributed by atoms with E-state index in [4.69, 9.17) is 9.90 Å². The van der Waals surface area contributed by atoms with E-state index < -0.39 is 10.0 Å². The highest BCUT2D eigenvalue weighted by atomic mass is 32.2. The molecule has 0 radical (unpaired) electrons. The molecule has 4 rings (SSSR count). The summed E-state index contributed by atoms with van der Waals surface area (Å²) in [6.45, 7) is 1.63. The first-order valence-electron chi connectivity index (χ1n) is 10.1. The van der Waals surface area contributed by atoms with Crippen LogP contribution in [0.15, 0.2) is 23.1 Å². The van der Waals surface area contributed by atoms with Crippen LogP contribution in [0, 0.1) is 5.41 Å². The third-order valence-corrected chi connectivity index (χ3v) is 8.45. The zero-order chi connectivity index (χ0) is 21.9. The van der Waals surface area contributed by atoms with Gasteiger partial charge in [-0.3, -0.25) is 9.59 Å². The summed E-state index contributed by atoms with van der Waals surface area (Å²) in [7, 11) is -1.59. The van der Waals surface area contributed by atoms with Crippen molar-refractivity contribution in [1.29, 1.82) is 0 Å². The van der Waals surface area contributed by atoms with Gasteiger partial charge >= 0.3 is 0 Å². The van der Waals surface area contributed by atoms with Gasteiger partial charge in [0, 0.05) is 36.7 Å². The Morgan fingerprint density at radius 1 is 1.27 bits per heavy atom. The number of fused-ring (bicyclic) bond motifs is 2. The molecule has 2 fully saturated rings. The molecule has 3 aliphatic rings. The number of sulfonamides is 1. The highest BCUT2D eigenvalue weighted by Crippen LogP contribution is 2.42. The van der Waals surface area contributed by atoms with Crippen LogP contribution in [0.2, 0.25) is 0 Å². The number of carbonyl (C=O) groups is 2. The minimum atomic E-state index is -3.61. The van der Waals surface area contributed by atoms with Crippen LogP contribution in [-0.4, -0.2) is 79.5 Å². The molecule has 1 amide bonds. The number of likely N-dealkylation sites (N-methyl/N-ethyl adjacent to an activating group) is 1. The first-order chi connectivity index (χ1) is 14.3. The van der Waals surface area contributed by atoms with E-state index in [1.54, 1.807) is 22.5 Å². The van der Waals surface area contributed by atoms with E-state index in [9.17, 15) is 18.3 Å². The molecule has 0 spiro atoms. The lowest BCUT2D eigenvalue weighted by atomic mass is 9.69. The number of likely N-dealkylation sites (tertiary alicyclic amines) is 1. The molecule has 30 heavy (non-hydrogen) atoms. The lowest BCUT2D eigenvalue weighted by molar-refractivity contribution is -0.123. The number of hydrogen-bond donors (Lipinski definition) is 3. The summed E-state index contributed by atoms with van der Waals surface area (Å²) >= 11 is 0. The quantitative estimate of drug-likeness (QED) is 0.593. The van der Waals surface area contributed by atoms with Gasteiger partial charge in [-0.2, -0.15) is 4.31 Å². The Morgan fingerprint density at radius 2 is 2.00 bits per heavy atom. The van der Waals surface area contributed by atoms with Crippen LogP contribution in [0.4, 0.5) is 5.69 Å². The molecule has 2 saturated heterocycles. The number of nitrogens with zero attached hydrogens (tertiary/aromatic N) is 2. The van der Waals surface area contributed by atoms with E-state index in [-0.39, 0.29) is 35.3 Å². The van der Waals surface area contributed by atoms with Crippen LogP contribution in [-0.2, 0) is 26.0 Å². The fraction of sp³-hybridized carbons (Fsp3) is 0.600. The zero-order valence-corrected chi connectivity index (χ0v) is 17.9. The van der Waals surface area contributed by atoms with E-state index in [1.165, 1.54) is 0 Å². The summed E-state index contributed by atoms with van der Waals surface area (Å²) in [5.41, 5.74) is 1.38. The molecule has 166 valence electrons. The van der Waals surface area contributed by atoms with E-state index in [0.717, 1.165) is 24.9 Å². The van der Waals surface area contributed by atoms with Gasteiger partial charge in [0.25, 0.3) is 6.47 Å². The van der Waals surface area contributed by atoms with Crippen LogP contribution in [0.1, 0.15) is 31.2 Å². The van der Waals surface area contributed by atoms with Crippen LogP contribution in [0.5, 0.6) is 0 Å². The molecule has 3 heterocycles. The molecule has 10 heteroatoms. The molecule has 0 bridgehead atoms. The van der Waals surface area contributed by atoms with Crippen molar-refractivity contribution in [1.82, 2.24) is 9.21 Å². The number of benzene rings is 1. The van der Waals surface area contributed by atoms with E-state index >= 15 is 0 Å². The first kappa shape index (κ1) is 22.7. The van der Waals surface area contributed by atoms with Crippen molar-refractivity contribution in [3.8, 4) is 0 Å². The Balaban J connectivity index is 0.000000806. The molecule has 0 aromatic heterocycles. The predicted molar refractivity (Wildman–Crippen MR) is 111 cm³/mol. The number of aliphatic hydroxyl groups excluding tert-OH is 1. The van der Waals surface area contributed by atoms with Crippen LogP contribution in [0.25, 0.3) is 0 Å². The molecule has 9 nitrogen and oxygen atoms in total. The van der Waals surface area contributed by atoms with Crippen molar-refractivity contribution in [2.75, 3.05) is 38.6 Å². The maximum Gasteiger partial charge on any atom is 0.290 e. The van der Waals surface area contributed by atoms with Crippen molar-refractivity contribution >= 4 is 28.1 Å². The second-order valence-electron chi connectivity index (χ2n) is 8.21. The van der Waals surface area contributed by atoms with E-state index in [2.05, 4.69) is 10.2 Å². The minimum absolute atomic E-state index is 0.0326. The van der Waals surface area contributed by atoms with Gasteiger partial charge in [0.05, 0.1) is 11.5 Å². The second kappa shape index (κ2) is 9.01. The standard InChI is InChI=1S/C19H27N3O4S.CH2O2/c1-21-9-2-7-19(13-23)8-10-22(12-17(19)21)27(25,26)15-4-5-16-14(11-15)3-6-18(24)20-16;2-1-3/h4-5,11,17,23H,2-3,6-10,12-13H2,1H3,(H,20,24);1H,(H,2,3)/t17-,19-;/m1./s1. The molecular formula is C20H29N3O6S. The number of nitrogens with one attached hydrogen (secondary N) is 1. The summed E-state index contributed by atoms with van der Waals surface area (Å²) in [4.78, 5) is 22.4. The summed E-state index contributed by atoms with van der Waals surface area (Å²) in [6, 6.07) is 5.01. The van der Waals surface area contributed by atoms with Crippen molar-refractivity contribution in [2.45, 2.75) is 43.0 Å². The van der Waals surface area contributed by atoms with Gasteiger partial charge < -0.3 is 20.4 Å². The van der Waals surface area contributed by atoms with Crippen molar-refractivity contribution in [3.05, 3.63) is 23.8 Å². The normalized spacial score (nSPS) is 27.1. The number of amides is 1. The average Bonchev–Trinajstić information content (AvgIpc) is 2.73.